The van der Waals surface area contributed by atoms with Gasteiger partial charge < -0.3 is 0 Å². The number of aromatic nitrogens is 1. The number of benzene rings is 1. The van der Waals surface area contributed by atoms with Gasteiger partial charge in [-0.3, -0.25) is 0 Å². The highest BCUT2D eigenvalue weighted by molar-refractivity contribution is 7.68. The molecule has 2 aromatic rings. The first-order valence-electron chi connectivity index (χ1n) is 6.38. The monoisotopic (exact) mass is 314 g/mol. The molecule has 0 aliphatic rings. The Bertz CT molecular complexity index is 563. The summed E-state index contributed by atoms with van der Waals surface area (Å²) >= 11 is 0. The zero-order chi connectivity index (χ0) is 14.9. The minimum absolute atomic E-state index is 0.401. The highest BCUT2D eigenvalue weighted by atomic mass is 32.2. The van der Waals surface area contributed by atoms with Crippen LogP contribution in [0, 0.1) is 0 Å². The zero-order valence-corrected chi connectivity index (χ0v) is 14.7. The topological polar surface area (TPSA) is 31.8 Å². The average Bonchev–Trinajstić information content (AvgIpc) is 2.77. The van der Waals surface area contributed by atoms with Crippen LogP contribution in [0.3, 0.4) is 0 Å². The summed E-state index contributed by atoms with van der Waals surface area (Å²) in [6, 6.07) is 8.18. The molecule has 1 heterocycles. The Balaban J connectivity index is 2.47. The van der Waals surface area contributed by atoms with Crippen LogP contribution in [0.1, 0.15) is 0 Å². The molecule has 0 spiro atoms. The lowest BCUT2D eigenvalue weighted by molar-refractivity contribution is 0.387. The number of fused-ring (bicyclic) bond motifs is 1. The number of rotatable bonds is 5. The Morgan fingerprint density at radius 1 is 0.950 bits per heavy atom. The second-order valence-corrected chi connectivity index (χ2v) is 10.4. The molecule has 0 bridgehead atoms. The molecule has 1 aromatic heterocycles. The predicted molar refractivity (Wildman–Crippen MR) is 88.8 cm³/mol. The molecule has 2 rings (SSSR count). The molecule has 0 amide bonds. The first-order valence-corrected chi connectivity index (χ1v) is 9.16. The van der Waals surface area contributed by atoms with E-state index in [0.29, 0.717) is 0 Å². The molecular formula is C13H23N4OPS+2. The summed E-state index contributed by atoms with van der Waals surface area (Å²) in [6.07, 6.45) is 0. The molecule has 0 aliphatic carbocycles. The lowest BCUT2D eigenvalue weighted by atomic mass is 10.3. The number of thiazole rings is 1. The molecule has 0 saturated carbocycles. The van der Waals surface area contributed by atoms with Gasteiger partial charge in [-0.1, -0.05) is 12.1 Å². The van der Waals surface area contributed by atoms with E-state index < -0.39 is 18.7 Å². The fraction of sp³-hybridized carbons (Fsp3) is 0.462. The van der Waals surface area contributed by atoms with E-state index in [9.17, 15) is 0 Å². The van der Waals surface area contributed by atoms with E-state index in [0.717, 1.165) is 5.52 Å². The van der Waals surface area contributed by atoms with Crippen LogP contribution in [-0.2, 0) is 0 Å². The van der Waals surface area contributed by atoms with Crippen LogP contribution in [0.25, 0.3) is 10.2 Å². The highest BCUT2D eigenvalue weighted by Gasteiger charge is 2.57. The Morgan fingerprint density at radius 3 is 2.05 bits per heavy atom. The van der Waals surface area contributed by atoms with E-state index in [1.54, 1.807) is 0 Å². The van der Waals surface area contributed by atoms with Crippen molar-refractivity contribution in [2.24, 2.45) is 0 Å². The van der Waals surface area contributed by atoms with Gasteiger partial charge in [0.15, 0.2) is 0 Å². The molecule has 0 saturated heterocycles. The molecule has 0 fully saturated rings. The Kier molecular flexibility index (Phi) is 4.74. The van der Waals surface area contributed by atoms with Gasteiger partial charge in [0.05, 0.1) is 3.97 Å². The third-order valence-electron chi connectivity index (χ3n) is 3.11. The van der Waals surface area contributed by atoms with Gasteiger partial charge in [0.25, 0.3) is 5.51 Å². The van der Waals surface area contributed by atoms with Crippen LogP contribution in [0.15, 0.2) is 29.8 Å². The fourth-order valence-electron chi connectivity index (χ4n) is 2.34. The summed E-state index contributed by atoms with van der Waals surface area (Å²) in [5, 5.41) is 0. The Morgan fingerprint density at radius 2 is 1.50 bits per heavy atom. The Hall–Kier alpha value is -0.620. The van der Waals surface area contributed by atoms with Crippen LogP contribution < -0.4 is 3.97 Å². The van der Waals surface area contributed by atoms with Crippen LogP contribution in [0.5, 0.6) is 0 Å². The number of hydrogen-bond donors (Lipinski definition) is 0. The van der Waals surface area contributed by atoms with Crippen molar-refractivity contribution in [3.8, 4) is 0 Å². The summed E-state index contributed by atoms with van der Waals surface area (Å²) in [4.78, 5) is 4.47. The van der Waals surface area contributed by atoms with Crippen molar-refractivity contribution in [2.75, 3.05) is 42.3 Å². The fourth-order valence-corrected chi connectivity index (χ4v) is 8.28. The molecule has 110 valence electrons. The average molecular weight is 314 g/mol. The van der Waals surface area contributed by atoms with Gasteiger partial charge >= 0.3 is 7.94 Å². The maximum Gasteiger partial charge on any atom is 0.439 e. The molecule has 5 nitrogen and oxygen atoms in total. The van der Waals surface area contributed by atoms with Crippen molar-refractivity contribution in [3.05, 3.63) is 29.8 Å². The number of hydrogen-bond acceptors (Lipinski definition) is 5. The predicted octanol–water partition coefficient (Wildman–Crippen LogP) is 2.77. The molecule has 0 radical (unpaired) electrons. The summed E-state index contributed by atoms with van der Waals surface area (Å²) in [6.45, 7) is 0. The molecule has 7 heteroatoms. The van der Waals surface area contributed by atoms with Crippen LogP contribution >= 0.6 is 18.7 Å². The smallest absolute Gasteiger partial charge is 0.196 e. The van der Waals surface area contributed by atoms with Crippen LogP contribution in [0.2, 0.25) is 0 Å². The third kappa shape index (κ3) is 2.60. The van der Waals surface area contributed by atoms with Gasteiger partial charge in [-0.25, -0.2) is 0 Å². The lowest BCUT2D eigenvalue weighted by Crippen LogP contribution is -2.39. The molecule has 0 aliphatic heterocycles. The quantitative estimate of drug-likeness (QED) is 0.626. The second kappa shape index (κ2) is 6.02. The third-order valence-corrected chi connectivity index (χ3v) is 8.76. The largest absolute Gasteiger partial charge is 0.439 e. The van der Waals surface area contributed by atoms with Gasteiger partial charge in [0.1, 0.15) is 5.52 Å². The zero-order valence-electron chi connectivity index (χ0n) is 12.9. The lowest BCUT2D eigenvalue weighted by Gasteiger charge is -2.32. The molecular weight excluding hydrogens is 291 g/mol. The van der Waals surface area contributed by atoms with E-state index in [-0.39, 0.29) is 0 Å². The molecule has 1 atom stereocenters. The van der Waals surface area contributed by atoms with Gasteiger partial charge in [0, 0.05) is 48.4 Å². The molecule has 1 aromatic carbocycles. The first kappa shape index (κ1) is 15.8. The van der Waals surface area contributed by atoms with Crippen LogP contribution in [-0.4, -0.2) is 61.3 Å². The standard InChI is InChI=1S/C13H23N4OPS/c1-15(2)19(16(3)4,17(5)6)18-20-11-14-12-9-7-8-10-13(12)20/h7-11H,1-6H3/q+2. The van der Waals surface area contributed by atoms with Crippen molar-refractivity contribution < 1.29 is 3.97 Å². The molecule has 1 unspecified atom stereocenters. The van der Waals surface area contributed by atoms with Crippen molar-refractivity contribution in [1.29, 1.82) is 0 Å². The van der Waals surface area contributed by atoms with Crippen molar-refractivity contribution >= 4 is 28.9 Å². The summed E-state index contributed by atoms with van der Waals surface area (Å²) in [5.41, 5.74) is 2.95. The first-order chi connectivity index (χ1) is 9.39. The number of nitrogens with zero attached hydrogens (tertiary/aromatic N) is 4. The molecule has 20 heavy (non-hydrogen) atoms. The van der Waals surface area contributed by atoms with Gasteiger partial charge in [-0.2, -0.15) is 4.98 Å². The van der Waals surface area contributed by atoms with E-state index in [2.05, 4.69) is 67.3 Å². The minimum Gasteiger partial charge on any atom is -0.196 e. The van der Waals surface area contributed by atoms with E-state index >= 15 is 0 Å². The second-order valence-electron chi connectivity index (χ2n) is 5.13. The summed E-state index contributed by atoms with van der Waals surface area (Å²) in [5.74, 6) is 0. The van der Waals surface area contributed by atoms with Crippen molar-refractivity contribution in [2.45, 2.75) is 0 Å². The van der Waals surface area contributed by atoms with E-state index in [1.165, 1.54) is 4.70 Å². The Labute approximate surface area is 124 Å². The normalized spacial score (nSPS) is 13.9. The van der Waals surface area contributed by atoms with Crippen molar-refractivity contribution in [3.63, 3.8) is 0 Å². The SMILES string of the molecule is CN(C)[P+](O[s+]1cnc2ccccc21)(N(C)C)N(C)C. The van der Waals surface area contributed by atoms with E-state index in [4.69, 9.17) is 3.97 Å². The molecule has 0 N–H and O–H groups in total. The summed E-state index contributed by atoms with van der Waals surface area (Å²) in [7, 11) is 10.00. The van der Waals surface area contributed by atoms with Crippen LogP contribution in [0.4, 0.5) is 0 Å². The van der Waals surface area contributed by atoms with E-state index in [1.807, 2.05) is 23.7 Å². The maximum absolute atomic E-state index is 6.58. The maximum atomic E-state index is 6.58. The number of para-hydroxylation sites is 1. The van der Waals surface area contributed by atoms with Gasteiger partial charge in [-0.05, 0) is 6.07 Å². The van der Waals surface area contributed by atoms with Gasteiger partial charge in [-0.15, -0.1) is 14.0 Å². The minimum atomic E-state index is -2.00. The van der Waals surface area contributed by atoms with Crippen molar-refractivity contribution in [1.82, 2.24) is 19.0 Å². The highest BCUT2D eigenvalue weighted by Crippen LogP contribution is 2.64. The summed E-state index contributed by atoms with van der Waals surface area (Å²) < 4.78 is 14.3. The van der Waals surface area contributed by atoms with Gasteiger partial charge in [0.2, 0.25) is 15.5 Å².